The van der Waals surface area contributed by atoms with Gasteiger partial charge in [0.05, 0.1) is 6.10 Å². The number of ether oxygens (including phenoxy) is 1. The molecule has 2 rings (SSSR count). The Morgan fingerprint density at radius 2 is 2.18 bits per heavy atom. The molecule has 0 saturated heterocycles. The maximum absolute atomic E-state index is 12.1. The molecule has 4 nitrogen and oxygen atoms in total. The average Bonchev–Trinajstić information content (AvgIpc) is 2.80. The van der Waals surface area contributed by atoms with Crippen molar-refractivity contribution in [2.45, 2.75) is 46.6 Å². The molecule has 0 aliphatic heterocycles. The fourth-order valence-corrected chi connectivity index (χ4v) is 3.05. The number of carbonyl (C=O) groups excluding carboxylic acids is 1. The molecule has 0 aliphatic carbocycles. The van der Waals surface area contributed by atoms with Gasteiger partial charge in [0.1, 0.15) is 5.69 Å². The Hall–Kier alpha value is -1.62. The molecule has 0 atom stereocenters. The van der Waals surface area contributed by atoms with Crippen molar-refractivity contribution in [3.05, 3.63) is 29.5 Å². The molecule has 22 heavy (non-hydrogen) atoms. The van der Waals surface area contributed by atoms with Crippen molar-refractivity contribution in [1.29, 1.82) is 0 Å². The number of hydrogen-bond acceptors (Lipinski definition) is 4. The maximum Gasteiger partial charge on any atom is 0.355 e. The number of anilines is 1. The first kappa shape index (κ1) is 16.7. The zero-order valence-corrected chi connectivity index (χ0v) is 14.5. The van der Waals surface area contributed by atoms with Crippen LogP contribution in [-0.2, 0) is 4.74 Å². The average molecular weight is 320 g/mol. The largest absolute Gasteiger partial charge is 0.458 e. The van der Waals surface area contributed by atoms with Gasteiger partial charge in [-0.05, 0) is 51.0 Å². The summed E-state index contributed by atoms with van der Waals surface area (Å²) >= 11 is 1.72. The van der Waals surface area contributed by atoms with E-state index in [2.05, 4.69) is 22.7 Å². The molecule has 1 aromatic carbocycles. The van der Waals surface area contributed by atoms with Crippen molar-refractivity contribution in [3.63, 3.8) is 0 Å². The molecule has 0 fully saturated rings. The van der Waals surface area contributed by atoms with Gasteiger partial charge < -0.3 is 14.4 Å². The smallest absolute Gasteiger partial charge is 0.355 e. The number of esters is 1. The molecule has 5 heteroatoms. The van der Waals surface area contributed by atoms with E-state index in [1.165, 1.54) is 12.8 Å². The van der Waals surface area contributed by atoms with Crippen molar-refractivity contribution in [1.82, 2.24) is 4.98 Å². The van der Waals surface area contributed by atoms with E-state index in [0.29, 0.717) is 5.69 Å². The number of benzene rings is 1. The minimum atomic E-state index is -0.296. The van der Waals surface area contributed by atoms with Crippen LogP contribution in [0.3, 0.4) is 0 Å². The highest BCUT2D eigenvalue weighted by Gasteiger charge is 2.17. The van der Waals surface area contributed by atoms with Crippen LogP contribution in [0.2, 0.25) is 0 Å². The zero-order chi connectivity index (χ0) is 16.1. The summed E-state index contributed by atoms with van der Waals surface area (Å²) < 4.78 is 8.63. The number of aromatic nitrogens is 1. The normalized spacial score (nSPS) is 11.1. The lowest BCUT2D eigenvalue weighted by Crippen LogP contribution is -2.12. The molecule has 0 bridgehead atoms. The van der Waals surface area contributed by atoms with E-state index in [4.69, 9.17) is 4.74 Å². The van der Waals surface area contributed by atoms with Gasteiger partial charge in [-0.3, -0.25) is 0 Å². The Kier molecular flexibility index (Phi) is 5.77. The van der Waals surface area contributed by atoms with Gasteiger partial charge >= 0.3 is 5.97 Å². The summed E-state index contributed by atoms with van der Waals surface area (Å²) in [6.07, 6.45) is 2.28. The summed E-state index contributed by atoms with van der Waals surface area (Å²) in [6, 6.07) is 6.10. The van der Waals surface area contributed by atoms with Crippen LogP contribution in [0.4, 0.5) is 5.69 Å². The zero-order valence-electron chi connectivity index (χ0n) is 13.7. The SMILES string of the molecule is CCCCSNc1ccc2[nH]c(C(=O)OC(C)C)c(C)c2c1. The number of rotatable bonds is 7. The molecule has 1 heterocycles. The third-order valence-corrected chi connectivity index (χ3v) is 4.27. The monoisotopic (exact) mass is 320 g/mol. The van der Waals surface area contributed by atoms with Crippen LogP contribution in [0.25, 0.3) is 10.9 Å². The molecule has 0 unspecified atom stereocenters. The number of fused-ring (bicyclic) bond motifs is 1. The fourth-order valence-electron chi connectivity index (χ4n) is 2.22. The fraction of sp³-hybridized carbons (Fsp3) is 0.471. The Bertz CT molecular complexity index is 649. The van der Waals surface area contributed by atoms with Gasteiger partial charge in [0.2, 0.25) is 0 Å². The van der Waals surface area contributed by atoms with E-state index in [1.54, 1.807) is 11.9 Å². The molecule has 0 aliphatic rings. The quantitative estimate of drug-likeness (QED) is 0.433. The highest BCUT2D eigenvalue weighted by Crippen LogP contribution is 2.27. The van der Waals surface area contributed by atoms with Crippen LogP contribution in [0, 0.1) is 6.92 Å². The second-order valence-corrected chi connectivity index (χ2v) is 6.54. The number of aromatic amines is 1. The van der Waals surface area contributed by atoms with Crippen LogP contribution in [0.15, 0.2) is 18.2 Å². The highest BCUT2D eigenvalue weighted by molar-refractivity contribution is 8.00. The number of nitrogens with one attached hydrogen (secondary N) is 2. The van der Waals surface area contributed by atoms with Gasteiger partial charge in [0.15, 0.2) is 0 Å². The lowest BCUT2D eigenvalue weighted by atomic mass is 10.1. The van der Waals surface area contributed by atoms with Gasteiger partial charge in [-0.2, -0.15) is 0 Å². The third kappa shape index (κ3) is 3.97. The third-order valence-electron chi connectivity index (χ3n) is 3.40. The van der Waals surface area contributed by atoms with Gasteiger partial charge in [0, 0.05) is 22.3 Å². The second-order valence-electron chi connectivity index (χ2n) is 5.64. The summed E-state index contributed by atoms with van der Waals surface area (Å²) in [5, 5.41) is 1.05. The lowest BCUT2D eigenvalue weighted by Gasteiger charge is -2.07. The maximum atomic E-state index is 12.1. The predicted octanol–water partition coefficient (Wildman–Crippen LogP) is 4.90. The van der Waals surface area contributed by atoms with Crippen molar-refractivity contribution in [2.24, 2.45) is 0 Å². The number of hydrogen-bond donors (Lipinski definition) is 2. The van der Waals surface area contributed by atoms with Crippen LogP contribution >= 0.6 is 11.9 Å². The van der Waals surface area contributed by atoms with Gasteiger partial charge in [-0.15, -0.1) is 0 Å². The lowest BCUT2D eigenvalue weighted by molar-refractivity contribution is 0.0371. The Morgan fingerprint density at radius 3 is 2.86 bits per heavy atom. The molecule has 0 saturated carbocycles. The van der Waals surface area contributed by atoms with E-state index in [9.17, 15) is 4.79 Å². The van der Waals surface area contributed by atoms with E-state index >= 15 is 0 Å². The van der Waals surface area contributed by atoms with Gasteiger partial charge in [-0.1, -0.05) is 25.3 Å². The second kappa shape index (κ2) is 7.58. The highest BCUT2D eigenvalue weighted by atomic mass is 32.2. The molecule has 2 aromatic rings. The first-order chi connectivity index (χ1) is 10.5. The Morgan fingerprint density at radius 1 is 1.41 bits per heavy atom. The van der Waals surface area contributed by atoms with Crippen molar-refractivity contribution in [2.75, 3.05) is 10.5 Å². The minimum Gasteiger partial charge on any atom is -0.458 e. The molecule has 1 aromatic heterocycles. The van der Waals surface area contributed by atoms with Crippen LogP contribution < -0.4 is 4.72 Å². The number of H-pyrrole nitrogens is 1. The van der Waals surface area contributed by atoms with E-state index < -0.39 is 0 Å². The van der Waals surface area contributed by atoms with E-state index in [-0.39, 0.29) is 12.1 Å². The minimum absolute atomic E-state index is 0.120. The summed E-state index contributed by atoms with van der Waals surface area (Å²) in [5.41, 5.74) is 3.49. The molecule has 120 valence electrons. The summed E-state index contributed by atoms with van der Waals surface area (Å²) in [6.45, 7) is 7.84. The van der Waals surface area contributed by atoms with Gasteiger partial charge in [0.25, 0.3) is 0 Å². The molecule has 2 N–H and O–H groups in total. The number of unbranched alkanes of at least 4 members (excludes halogenated alkanes) is 1. The van der Waals surface area contributed by atoms with Crippen molar-refractivity contribution >= 4 is 34.5 Å². The summed E-state index contributed by atoms with van der Waals surface area (Å²) in [7, 11) is 0. The van der Waals surface area contributed by atoms with Crippen molar-refractivity contribution in [3.8, 4) is 0 Å². The van der Waals surface area contributed by atoms with Crippen LogP contribution in [0.1, 0.15) is 49.7 Å². The number of carbonyl (C=O) groups is 1. The standard InChI is InChI=1S/C17H24N2O2S/c1-5-6-9-22-19-13-7-8-15-14(10-13)12(4)16(18-15)17(20)21-11(2)3/h7-8,10-11,18-19H,5-6,9H2,1-4H3. The Balaban J connectivity index is 2.18. The Labute approximate surface area is 136 Å². The first-order valence-corrected chi connectivity index (χ1v) is 8.72. The molecule has 0 radical (unpaired) electrons. The topological polar surface area (TPSA) is 54.1 Å². The molecular formula is C17H24N2O2S. The summed E-state index contributed by atoms with van der Waals surface area (Å²) in [4.78, 5) is 15.3. The molecule has 0 spiro atoms. The molecule has 0 amide bonds. The summed E-state index contributed by atoms with van der Waals surface area (Å²) in [5.74, 6) is 0.794. The predicted molar refractivity (Wildman–Crippen MR) is 94.6 cm³/mol. The van der Waals surface area contributed by atoms with Crippen LogP contribution in [-0.4, -0.2) is 22.8 Å². The van der Waals surface area contributed by atoms with Gasteiger partial charge in [-0.25, -0.2) is 4.79 Å². The van der Waals surface area contributed by atoms with E-state index in [1.807, 2.05) is 32.9 Å². The van der Waals surface area contributed by atoms with E-state index in [0.717, 1.165) is 27.9 Å². The van der Waals surface area contributed by atoms with Crippen LogP contribution in [0.5, 0.6) is 0 Å². The number of aryl methyl sites for hydroxylation is 1. The van der Waals surface area contributed by atoms with Crippen molar-refractivity contribution < 1.29 is 9.53 Å². The first-order valence-electron chi connectivity index (χ1n) is 7.74. The molecular weight excluding hydrogens is 296 g/mol.